The van der Waals surface area contributed by atoms with Gasteiger partial charge in [0.25, 0.3) is 5.91 Å². The third kappa shape index (κ3) is 3.45. The lowest BCUT2D eigenvalue weighted by molar-refractivity contribution is 0.0952. The summed E-state index contributed by atoms with van der Waals surface area (Å²) < 4.78 is 0. The topological polar surface area (TPSA) is 68.0 Å². The molecular weight excluding hydrogens is 282 g/mol. The summed E-state index contributed by atoms with van der Waals surface area (Å²) in [5, 5.41) is 6.16. The zero-order valence-electron chi connectivity index (χ0n) is 10.4. The molecule has 0 radical (unpaired) electrons. The maximum atomic E-state index is 12.0. The Morgan fingerprint density at radius 3 is 3.05 bits per heavy atom. The third-order valence-electron chi connectivity index (χ3n) is 2.68. The second-order valence-corrected chi connectivity index (χ2v) is 5.55. The Balaban J connectivity index is 2.00. The first kappa shape index (κ1) is 13.8. The minimum atomic E-state index is -0.222. The first-order valence-electron chi connectivity index (χ1n) is 5.80. The van der Waals surface area contributed by atoms with E-state index >= 15 is 0 Å². The van der Waals surface area contributed by atoms with Gasteiger partial charge in [0.2, 0.25) is 0 Å². The number of hydrogen-bond donors (Lipinski definition) is 2. The van der Waals surface area contributed by atoms with Crippen LogP contribution in [0, 0.1) is 0 Å². The molecule has 1 unspecified atom stereocenters. The number of benzene rings is 1. The lowest BCUT2D eigenvalue weighted by Crippen LogP contribution is -2.27. The summed E-state index contributed by atoms with van der Waals surface area (Å²) in [6.07, 6.45) is 1.76. The highest BCUT2D eigenvalue weighted by molar-refractivity contribution is 7.09. The number of rotatable bonds is 4. The molecule has 2 rings (SSSR count). The molecule has 0 spiro atoms. The standard InChI is InChI=1S/C13H14ClN3OS/c1-8(13-16-4-5-19-13)7-17-12(18)10-6-9(15)2-3-11(10)14/h2-6,8H,7,15H2,1H3,(H,17,18). The molecule has 3 N–H and O–H groups in total. The van der Waals surface area contributed by atoms with Crippen LogP contribution >= 0.6 is 22.9 Å². The van der Waals surface area contributed by atoms with Gasteiger partial charge in [-0.25, -0.2) is 4.98 Å². The van der Waals surface area contributed by atoms with Crippen LogP contribution in [-0.4, -0.2) is 17.4 Å². The monoisotopic (exact) mass is 295 g/mol. The molecule has 1 heterocycles. The van der Waals surface area contributed by atoms with Gasteiger partial charge in [-0.1, -0.05) is 18.5 Å². The van der Waals surface area contributed by atoms with Crippen LogP contribution in [-0.2, 0) is 0 Å². The first-order valence-corrected chi connectivity index (χ1v) is 7.06. The van der Waals surface area contributed by atoms with Crippen molar-refractivity contribution >= 4 is 34.5 Å². The maximum absolute atomic E-state index is 12.0. The number of carbonyl (C=O) groups is 1. The van der Waals surface area contributed by atoms with E-state index in [0.717, 1.165) is 5.01 Å². The molecule has 100 valence electrons. The molecule has 0 saturated heterocycles. The number of nitrogens with one attached hydrogen (secondary N) is 1. The molecule has 19 heavy (non-hydrogen) atoms. The molecule has 1 amide bonds. The molecule has 0 fully saturated rings. The minimum Gasteiger partial charge on any atom is -0.399 e. The lowest BCUT2D eigenvalue weighted by atomic mass is 10.1. The van der Waals surface area contributed by atoms with Crippen LogP contribution in [0.4, 0.5) is 5.69 Å². The number of aromatic nitrogens is 1. The first-order chi connectivity index (χ1) is 9.08. The molecule has 2 aromatic rings. The van der Waals surface area contributed by atoms with E-state index < -0.39 is 0 Å². The number of halogens is 1. The molecule has 0 bridgehead atoms. The lowest BCUT2D eigenvalue weighted by Gasteiger charge is -2.11. The van der Waals surface area contributed by atoms with E-state index in [2.05, 4.69) is 10.3 Å². The number of nitrogen functional groups attached to an aromatic ring is 1. The zero-order valence-corrected chi connectivity index (χ0v) is 12.0. The van der Waals surface area contributed by atoms with Crippen LogP contribution < -0.4 is 11.1 Å². The van der Waals surface area contributed by atoms with Crippen molar-refractivity contribution in [1.82, 2.24) is 10.3 Å². The fraction of sp³-hybridized carbons (Fsp3) is 0.231. The predicted octanol–water partition coefficient (Wildman–Crippen LogP) is 2.91. The van der Waals surface area contributed by atoms with Gasteiger partial charge in [0, 0.05) is 29.7 Å². The molecule has 6 heteroatoms. The van der Waals surface area contributed by atoms with Gasteiger partial charge in [0.05, 0.1) is 15.6 Å². The van der Waals surface area contributed by atoms with E-state index in [0.29, 0.717) is 22.8 Å². The fourth-order valence-corrected chi connectivity index (χ4v) is 2.52. The fourth-order valence-electron chi connectivity index (χ4n) is 1.62. The second-order valence-electron chi connectivity index (χ2n) is 4.22. The average Bonchev–Trinajstić information content (AvgIpc) is 2.92. The van der Waals surface area contributed by atoms with Gasteiger partial charge in [-0.3, -0.25) is 4.79 Å². The number of carbonyl (C=O) groups excluding carboxylic acids is 1. The second kappa shape index (κ2) is 6.04. The molecule has 0 saturated carbocycles. The number of thiazole rings is 1. The normalized spacial score (nSPS) is 12.1. The van der Waals surface area contributed by atoms with Gasteiger partial charge in [0.1, 0.15) is 0 Å². The highest BCUT2D eigenvalue weighted by atomic mass is 35.5. The summed E-state index contributed by atoms with van der Waals surface area (Å²) in [5.74, 6) is -0.0514. The molecular formula is C13H14ClN3OS. The number of anilines is 1. The molecule has 1 aromatic carbocycles. The van der Waals surface area contributed by atoms with E-state index in [1.807, 2.05) is 12.3 Å². The predicted molar refractivity (Wildman–Crippen MR) is 78.7 cm³/mol. The molecule has 0 aliphatic carbocycles. The van der Waals surface area contributed by atoms with Crippen molar-refractivity contribution in [3.8, 4) is 0 Å². The Kier molecular flexibility index (Phi) is 4.39. The summed E-state index contributed by atoms with van der Waals surface area (Å²) in [4.78, 5) is 16.2. The summed E-state index contributed by atoms with van der Waals surface area (Å²) in [6.45, 7) is 2.53. The van der Waals surface area contributed by atoms with E-state index in [9.17, 15) is 4.79 Å². The van der Waals surface area contributed by atoms with Crippen LogP contribution in [0.2, 0.25) is 5.02 Å². The summed E-state index contributed by atoms with van der Waals surface area (Å²) in [7, 11) is 0. The Morgan fingerprint density at radius 1 is 1.58 bits per heavy atom. The Morgan fingerprint density at radius 2 is 2.37 bits per heavy atom. The largest absolute Gasteiger partial charge is 0.399 e. The van der Waals surface area contributed by atoms with Crippen molar-refractivity contribution < 1.29 is 4.79 Å². The van der Waals surface area contributed by atoms with Crippen LogP contribution in [0.3, 0.4) is 0 Å². The van der Waals surface area contributed by atoms with E-state index in [1.165, 1.54) is 0 Å². The molecule has 1 aromatic heterocycles. The van der Waals surface area contributed by atoms with Crippen molar-refractivity contribution in [2.45, 2.75) is 12.8 Å². The number of amides is 1. The van der Waals surface area contributed by atoms with Crippen molar-refractivity contribution in [1.29, 1.82) is 0 Å². The van der Waals surface area contributed by atoms with Gasteiger partial charge in [-0.05, 0) is 18.2 Å². The Hall–Kier alpha value is -1.59. The third-order valence-corrected chi connectivity index (χ3v) is 4.01. The Bertz CT molecular complexity index is 571. The van der Waals surface area contributed by atoms with Crippen LogP contribution in [0.1, 0.15) is 28.2 Å². The molecule has 0 aliphatic heterocycles. The van der Waals surface area contributed by atoms with Gasteiger partial charge < -0.3 is 11.1 Å². The van der Waals surface area contributed by atoms with Gasteiger partial charge in [-0.15, -0.1) is 11.3 Å². The number of nitrogens with zero attached hydrogens (tertiary/aromatic N) is 1. The number of nitrogens with two attached hydrogens (primary N) is 1. The highest BCUT2D eigenvalue weighted by Crippen LogP contribution is 2.20. The van der Waals surface area contributed by atoms with Crippen molar-refractivity contribution in [2.24, 2.45) is 0 Å². The van der Waals surface area contributed by atoms with Crippen molar-refractivity contribution in [2.75, 3.05) is 12.3 Å². The van der Waals surface area contributed by atoms with E-state index in [-0.39, 0.29) is 11.8 Å². The van der Waals surface area contributed by atoms with Gasteiger partial charge >= 0.3 is 0 Å². The van der Waals surface area contributed by atoms with Gasteiger partial charge in [-0.2, -0.15) is 0 Å². The summed E-state index contributed by atoms with van der Waals surface area (Å²) >= 11 is 7.55. The molecule has 1 atom stereocenters. The Labute approximate surface area is 120 Å². The minimum absolute atomic E-state index is 0.170. The molecule has 4 nitrogen and oxygen atoms in total. The van der Waals surface area contributed by atoms with E-state index in [4.69, 9.17) is 17.3 Å². The quantitative estimate of drug-likeness (QED) is 0.852. The zero-order chi connectivity index (χ0) is 13.8. The summed E-state index contributed by atoms with van der Waals surface area (Å²) in [5.41, 5.74) is 6.56. The SMILES string of the molecule is CC(CNC(=O)c1cc(N)ccc1Cl)c1nccs1. The van der Waals surface area contributed by atoms with Gasteiger partial charge in [0.15, 0.2) is 0 Å². The smallest absolute Gasteiger partial charge is 0.252 e. The average molecular weight is 296 g/mol. The van der Waals surface area contributed by atoms with E-state index in [1.54, 1.807) is 35.7 Å². The van der Waals surface area contributed by atoms with Crippen molar-refractivity contribution in [3.63, 3.8) is 0 Å². The molecule has 0 aliphatic rings. The van der Waals surface area contributed by atoms with Crippen LogP contribution in [0.25, 0.3) is 0 Å². The number of hydrogen-bond acceptors (Lipinski definition) is 4. The maximum Gasteiger partial charge on any atom is 0.252 e. The van der Waals surface area contributed by atoms with Crippen LogP contribution in [0.5, 0.6) is 0 Å². The van der Waals surface area contributed by atoms with Crippen molar-refractivity contribution in [3.05, 3.63) is 45.4 Å². The highest BCUT2D eigenvalue weighted by Gasteiger charge is 2.13. The van der Waals surface area contributed by atoms with Crippen LogP contribution in [0.15, 0.2) is 29.8 Å². The summed E-state index contributed by atoms with van der Waals surface area (Å²) in [6, 6.07) is 4.86.